The lowest BCUT2D eigenvalue weighted by Gasteiger charge is -2.08. The summed E-state index contributed by atoms with van der Waals surface area (Å²) in [5, 5.41) is 13.3. The van der Waals surface area contributed by atoms with Crippen LogP contribution in [-0.2, 0) is 4.79 Å². The zero-order valence-corrected chi connectivity index (χ0v) is 11.6. The second-order valence-corrected chi connectivity index (χ2v) is 4.42. The summed E-state index contributed by atoms with van der Waals surface area (Å²) in [5.41, 5.74) is 6.87. The van der Waals surface area contributed by atoms with E-state index >= 15 is 0 Å². The molecule has 3 N–H and O–H groups in total. The molecule has 0 saturated carbocycles. The topological polar surface area (TPSA) is 107 Å². The SMILES string of the molecule is COc1ccccc1-c1nn(C(C)C(=O)O)c(N)c1C=O. The average Bonchev–Trinajstić information content (AvgIpc) is 2.82. The van der Waals surface area contributed by atoms with Gasteiger partial charge in [0.2, 0.25) is 0 Å². The molecule has 7 heteroatoms. The van der Waals surface area contributed by atoms with Gasteiger partial charge >= 0.3 is 5.97 Å². The molecule has 1 unspecified atom stereocenters. The van der Waals surface area contributed by atoms with Gasteiger partial charge in [-0.2, -0.15) is 5.10 Å². The fourth-order valence-electron chi connectivity index (χ4n) is 2.02. The van der Waals surface area contributed by atoms with Crippen LogP contribution in [0.25, 0.3) is 11.3 Å². The summed E-state index contributed by atoms with van der Waals surface area (Å²) in [6.45, 7) is 1.44. The molecule has 110 valence electrons. The molecule has 0 aliphatic rings. The summed E-state index contributed by atoms with van der Waals surface area (Å²) in [7, 11) is 1.50. The maximum atomic E-state index is 11.3. The molecule has 0 radical (unpaired) electrons. The van der Waals surface area contributed by atoms with Gasteiger partial charge in [0.25, 0.3) is 0 Å². The summed E-state index contributed by atoms with van der Waals surface area (Å²) in [6.07, 6.45) is 0.565. The third-order valence-electron chi connectivity index (χ3n) is 3.19. The van der Waals surface area contributed by atoms with Crippen molar-refractivity contribution in [2.24, 2.45) is 0 Å². The number of benzene rings is 1. The lowest BCUT2D eigenvalue weighted by atomic mass is 10.1. The number of nitrogens with zero attached hydrogens (tertiary/aromatic N) is 2. The highest BCUT2D eigenvalue weighted by molar-refractivity contribution is 5.93. The first-order valence-electron chi connectivity index (χ1n) is 6.20. The van der Waals surface area contributed by atoms with Crippen LogP contribution in [0.5, 0.6) is 5.75 Å². The molecular weight excluding hydrogens is 274 g/mol. The molecule has 7 nitrogen and oxygen atoms in total. The Hall–Kier alpha value is -2.83. The quantitative estimate of drug-likeness (QED) is 0.809. The number of nitrogen functional groups attached to an aromatic ring is 1. The van der Waals surface area contributed by atoms with Crippen LogP contribution in [0, 0.1) is 0 Å². The predicted octanol–water partition coefficient (Wildman–Crippen LogP) is 1.60. The van der Waals surface area contributed by atoms with Crippen molar-refractivity contribution in [3.63, 3.8) is 0 Å². The Labute approximate surface area is 120 Å². The second-order valence-electron chi connectivity index (χ2n) is 4.42. The Morgan fingerprint density at radius 2 is 2.14 bits per heavy atom. The van der Waals surface area contributed by atoms with E-state index in [4.69, 9.17) is 15.6 Å². The van der Waals surface area contributed by atoms with Gasteiger partial charge in [-0.1, -0.05) is 12.1 Å². The van der Waals surface area contributed by atoms with Crippen molar-refractivity contribution in [2.75, 3.05) is 12.8 Å². The van der Waals surface area contributed by atoms with Gasteiger partial charge in [-0.05, 0) is 19.1 Å². The number of carboxylic acid groups (broad SMARTS) is 1. The molecule has 0 saturated heterocycles. The first-order valence-corrected chi connectivity index (χ1v) is 6.20. The Balaban J connectivity index is 2.67. The monoisotopic (exact) mass is 289 g/mol. The zero-order chi connectivity index (χ0) is 15.6. The molecule has 0 amide bonds. The van der Waals surface area contributed by atoms with Crippen LogP contribution < -0.4 is 10.5 Å². The van der Waals surface area contributed by atoms with E-state index in [9.17, 15) is 9.59 Å². The molecule has 0 aliphatic heterocycles. The maximum absolute atomic E-state index is 11.3. The molecule has 0 fully saturated rings. The van der Waals surface area contributed by atoms with E-state index in [1.54, 1.807) is 24.3 Å². The molecule has 1 aromatic heterocycles. The summed E-state index contributed by atoms with van der Waals surface area (Å²) in [4.78, 5) is 22.4. The average molecular weight is 289 g/mol. The molecule has 2 aromatic rings. The van der Waals surface area contributed by atoms with Gasteiger partial charge in [-0.25, -0.2) is 9.48 Å². The van der Waals surface area contributed by atoms with Crippen LogP contribution in [0.2, 0.25) is 0 Å². The van der Waals surface area contributed by atoms with Crippen molar-refractivity contribution < 1.29 is 19.4 Å². The molecule has 0 spiro atoms. The van der Waals surface area contributed by atoms with E-state index in [1.165, 1.54) is 14.0 Å². The highest BCUT2D eigenvalue weighted by atomic mass is 16.5. The molecule has 21 heavy (non-hydrogen) atoms. The van der Waals surface area contributed by atoms with Crippen molar-refractivity contribution in [3.8, 4) is 17.0 Å². The van der Waals surface area contributed by atoms with Gasteiger partial charge in [-0.3, -0.25) is 4.79 Å². The molecule has 0 aliphatic carbocycles. The van der Waals surface area contributed by atoms with E-state index < -0.39 is 12.0 Å². The number of carbonyl (C=O) groups excluding carboxylic acids is 1. The van der Waals surface area contributed by atoms with Crippen molar-refractivity contribution in [3.05, 3.63) is 29.8 Å². The number of hydrogen-bond donors (Lipinski definition) is 2. The molecule has 1 atom stereocenters. The Morgan fingerprint density at radius 3 is 2.71 bits per heavy atom. The van der Waals surface area contributed by atoms with Crippen molar-refractivity contribution in [2.45, 2.75) is 13.0 Å². The fraction of sp³-hybridized carbons (Fsp3) is 0.214. The van der Waals surface area contributed by atoms with Gasteiger partial charge in [0.05, 0.1) is 12.7 Å². The van der Waals surface area contributed by atoms with E-state index in [-0.39, 0.29) is 11.4 Å². The lowest BCUT2D eigenvalue weighted by Crippen LogP contribution is -2.18. The van der Waals surface area contributed by atoms with E-state index in [0.29, 0.717) is 23.3 Å². The number of methoxy groups -OCH3 is 1. The Bertz CT molecular complexity index is 694. The number of aldehydes is 1. The number of rotatable bonds is 5. The zero-order valence-electron chi connectivity index (χ0n) is 11.6. The molecule has 2 rings (SSSR count). The number of aliphatic carboxylic acids is 1. The minimum Gasteiger partial charge on any atom is -0.496 e. The number of para-hydroxylation sites is 1. The van der Waals surface area contributed by atoms with Gasteiger partial charge in [0.15, 0.2) is 6.29 Å². The highest BCUT2D eigenvalue weighted by Crippen LogP contribution is 2.33. The van der Waals surface area contributed by atoms with Gasteiger partial charge in [0, 0.05) is 5.56 Å². The Morgan fingerprint density at radius 1 is 1.48 bits per heavy atom. The van der Waals surface area contributed by atoms with E-state index in [1.807, 2.05) is 0 Å². The third-order valence-corrected chi connectivity index (χ3v) is 3.19. The maximum Gasteiger partial charge on any atom is 0.328 e. The van der Waals surface area contributed by atoms with Crippen LogP contribution in [0.3, 0.4) is 0 Å². The van der Waals surface area contributed by atoms with Crippen molar-refractivity contribution in [1.29, 1.82) is 0 Å². The summed E-state index contributed by atoms with van der Waals surface area (Å²) in [6, 6.07) is 6.02. The number of carbonyl (C=O) groups is 2. The number of nitrogens with two attached hydrogens (primary N) is 1. The predicted molar refractivity (Wildman–Crippen MR) is 76.4 cm³/mol. The largest absolute Gasteiger partial charge is 0.496 e. The molecule has 1 heterocycles. The second kappa shape index (κ2) is 5.66. The number of anilines is 1. The summed E-state index contributed by atoms with van der Waals surface area (Å²) in [5.74, 6) is -0.553. The Kier molecular flexibility index (Phi) is 3.93. The van der Waals surface area contributed by atoms with Crippen LogP contribution in [-0.4, -0.2) is 34.3 Å². The number of ether oxygens (including phenoxy) is 1. The molecular formula is C14H15N3O4. The van der Waals surface area contributed by atoms with Crippen molar-refractivity contribution in [1.82, 2.24) is 9.78 Å². The summed E-state index contributed by atoms with van der Waals surface area (Å²) < 4.78 is 6.35. The lowest BCUT2D eigenvalue weighted by molar-refractivity contribution is -0.140. The summed E-state index contributed by atoms with van der Waals surface area (Å²) >= 11 is 0. The number of aromatic nitrogens is 2. The standard InChI is InChI=1S/C14H15N3O4/c1-8(14(19)20)17-13(15)10(7-18)12(16-17)9-5-3-4-6-11(9)21-2/h3-8H,15H2,1-2H3,(H,19,20). The fourth-order valence-corrected chi connectivity index (χ4v) is 2.02. The highest BCUT2D eigenvalue weighted by Gasteiger charge is 2.24. The normalized spacial score (nSPS) is 11.9. The minimum atomic E-state index is -1.09. The molecule has 0 bridgehead atoms. The van der Waals surface area contributed by atoms with Crippen LogP contribution in [0.1, 0.15) is 23.3 Å². The van der Waals surface area contributed by atoms with Gasteiger partial charge in [-0.15, -0.1) is 0 Å². The third kappa shape index (κ3) is 2.45. The number of hydrogen-bond acceptors (Lipinski definition) is 5. The van der Waals surface area contributed by atoms with Crippen LogP contribution >= 0.6 is 0 Å². The van der Waals surface area contributed by atoms with E-state index in [0.717, 1.165) is 4.68 Å². The van der Waals surface area contributed by atoms with Gasteiger partial charge < -0.3 is 15.6 Å². The smallest absolute Gasteiger partial charge is 0.328 e. The molecule has 1 aromatic carbocycles. The van der Waals surface area contributed by atoms with Crippen LogP contribution in [0.15, 0.2) is 24.3 Å². The van der Waals surface area contributed by atoms with E-state index in [2.05, 4.69) is 5.10 Å². The first kappa shape index (κ1) is 14.6. The van der Waals surface area contributed by atoms with Gasteiger partial charge in [0.1, 0.15) is 23.3 Å². The van der Waals surface area contributed by atoms with Crippen molar-refractivity contribution >= 4 is 18.1 Å². The van der Waals surface area contributed by atoms with Crippen LogP contribution in [0.4, 0.5) is 5.82 Å². The number of carboxylic acids is 1. The minimum absolute atomic E-state index is 0.0146. The first-order chi connectivity index (χ1) is 10.0.